The zero-order valence-corrected chi connectivity index (χ0v) is 14.0. The van der Waals surface area contributed by atoms with Gasteiger partial charge in [0.2, 0.25) is 0 Å². The van der Waals surface area contributed by atoms with Gasteiger partial charge in [0.1, 0.15) is 0 Å². The Kier molecular flexibility index (Phi) is 5.51. The van der Waals surface area contributed by atoms with Gasteiger partial charge in [-0.25, -0.2) is 0 Å². The summed E-state index contributed by atoms with van der Waals surface area (Å²) >= 11 is 0. The minimum absolute atomic E-state index is 0. The summed E-state index contributed by atoms with van der Waals surface area (Å²) in [4.78, 5) is 12.6. The Balaban J connectivity index is 0.00000161. The van der Waals surface area contributed by atoms with E-state index in [9.17, 15) is 4.79 Å². The molecule has 0 aliphatic rings. The second-order valence-electron chi connectivity index (χ2n) is 4.61. The summed E-state index contributed by atoms with van der Waals surface area (Å²) in [6.45, 7) is 0. The third-order valence-electron chi connectivity index (χ3n) is 3.29. The molecule has 0 amide bonds. The maximum Gasteiger partial charge on any atom is 0.193 e. The number of hydrogen-bond acceptors (Lipinski definition) is 1. The third-order valence-corrected chi connectivity index (χ3v) is 3.29. The summed E-state index contributed by atoms with van der Waals surface area (Å²) in [5, 5.41) is 0. The van der Waals surface area contributed by atoms with Crippen LogP contribution in [-0.2, 0) is 0 Å². The predicted octanol–water partition coefficient (Wildman–Crippen LogP) is 4.20. The molecule has 3 rings (SSSR count). The Hall–Kier alpha value is -1.67. The van der Waals surface area contributed by atoms with Gasteiger partial charge in [-0.2, -0.15) is 0 Å². The van der Waals surface area contributed by atoms with Gasteiger partial charge in [-0.1, -0.05) is 84.9 Å². The zero-order valence-electron chi connectivity index (χ0n) is 12.0. The van der Waals surface area contributed by atoms with Gasteiger partial charge in [-0.15, -0.1) is 0 Å². The van der Waals surface area contributed by atoms with Gasteiger partial charge in [0, 0.05) is 40.7 Å². The SMILES string of the molecule is O=C(c1ccccc1)c1ccccc1-c1ccccc1.[Na]. The van der Waals surface area contributed by atoms with E-state index in [1.807, 2.05) is 84.9 Å². The minimum Gasteiger partial charge on any atom is -0.289 e. The molecule has 1 nitrogen and oxygen atoms in total. The molecule has 3 aromatic rings. The molecule has 0 saturated heterocycles. The molecule has 0 aliphatic heterocycles. The van der Waals surface area contributed by atoms with Crippen LogP contribution in [0.3, 0.4) is 0 Å². The van der Waals surface area contributed by atoms with E-state index in [0.717, 1.165) is 22.3 Å². The van der Waals surface area contributed by atoms with Crippen LogP contribution in [0.15, 0.2) is 84.9 Å². The fourth-order valence-corrected chi connectivity index (χ4v) is 2.30. The molecule has 97 valence electrons. The fourth-order valence-electron chi connectivity index (χ4n) is 2.30. The van der Waals surface area contributed by atoms with Gasteiger partial charge in [0.15, 0.2) is 5.78 Å². The van der Waals surface area contributed by atoms with Gasteiger partial charge < -0.3 is 0 Å². The van der Waals surface area contributed by atoms with Crippen LogP contribution in [0.25, 0.3) is 11.1 Å². The number of carbonyl (C=O) groups is 1. The number of ketones is 1. The van der Waals surface area contributed by atoms with Crippen molar-refractivity contribution in [1.29, 1.82) is 0 Å². The normalized spacial score (nSPS) is 9.71. The van der Waals surface area contributed by atoms with Gasteiger partial charge in [-0.3, -0.25) is 4.79 Å². The first-order valence-electron chi connectivity index (χ1n) is 6.60. The summed E-state index contributed by atoms with van der Waals surface area (Å²) < 4.78 is 0. The number of hydrogen-bond donors (Lipinski definition) is 0. The Morgan fingerprint density at radius 2 is 1.14 bits per heavy atom. The third kappa shape index (κ3) is 3.51. The van der Waals surface area contributed by atoms with Gasteiger partial charge in [-0.05, 0) is 11.1 Å². The van der Waals surface area contributed by atoms with Crippen molar-refractivity contribution in [1.82, 2.24) is 0 Å². The van der Waals surface area contributed by atoms with Crippen LogP contribution in [0.4, 0.5) is 0 Å². The van der Waals surface area contributed by atoms with Gasteiger partial charge in [0.25, 0.3) is 0 Å². The van der Waals surface area contributed by atoms with E-state index in [4.69, 9.17) is 0 Å². The number of carbonyl (C=O) groups excluding carboxylic acids is 1. The number of benzene rings is 3. The van der Waals surface area contributed by atoms with Crippen molar-refractivity contribution in [3.05, 3.63) is 96.1 Å². The molecule has 0 fully saturated rings. The van der Waals surface area contributed by atoms with E-state index in [1.54, 1.807) is 0 Å². The molecule has 0 aliphatic carbocycles. The summed E-state index contributed by atoms with van der Waals surface area (Å²) in [7, 11) is 0. The molecule has 0 atom stereocenters. The Morgan fingerprint density at radius 1 is 0.619 bits per heavy atom. The van der Waals surface area contributed by atoms with Crippen LogP contribution in [-0.4, -0.2) is 35.3 Å². The van der Waals surface area contributed by atoms with E-state index in [2.05, 4.69) is 0 Å². The Bertz CT molecular complexity index is 721. The first-order valence-corrected chi connectivity index (χ1v) is 6.60. The number of rotatable bonds is 3. The van der Waals surface area contributed by atoms with Crippen molar-refractivity contribution in [2.75, 3.05) is 0 Å². The zero-order chi connectivity index (χ0) is 13.8. The predicted molar refractivity (Wildman–Crippen MR) is 87.5 cm³/mol. The summed E-state index contributed by atoms with van der Waals surface area (Å²) in [5.41, 5.74) is 3.50. The molecule has 0 unspecified atom stereocenters. The van der Waals surface area contributed by atoms with Crippen LogP contribution < -0.4 is 0 Å². The Morgan fingerprint density at radius 3 is 1.81 bits per heavy atom. The molecular formula is C19H14NaO. The van der Waals surface area contributed by atoms with Crippen LogP contribution in [0.5, 0.6) is 0 Å². The molecule has 1 radical (unpaired) electrons. The van der Waals surface area contributed by atoms with Gasteiger partial charge in [0.05, 0.1) is 0 Å². The van der Waals surface area contributed by atoms with Crippen molar-refractivity contribution in [2.45, 2.75) is 0 Å². The molecule has 0 aromatic heterocycles. The molecule has 0 bridgehead atoms. The van der Waals surface area contributed by atoms with Crippen LogP contribution in [0.2, 0.25) is 0 Å². The first kappa shape index (κ1) is 15.7. The van der Waals surface area contributed by atoms with E-state index in [-0.39, 0.29) is 35.3 Å². The molecule has 2 heteroatoms. The first-order chi connectivity index (χ1) is 9.86. The molecule has 0 saturated carbocycles. The maximum atomic E-state index is 12.6. The minimum atomic E-state index is 0. The average molecular weight is 281 g/mol. The average Bonchev–Trinajstić information content (AvgIpc) is 2.56. The van der Waals surface area contributed by atoms with Gasteiger partial charge >= 0.3 is 0 Å². The van der Waals surface area contributed by atoms with E-state index in [1.165, 1.54) is 0 Å². The molecular weight excluding hydrogens is 267 g/mol. The summed E-state index contributed by atoms with van der Waals surface area (Å²) in [6.07, 6.45) is 0. The summed E-state index contributed by atoms with van der Waals surface area (Å²) in [5.74, 6) is 0.0602. The second-order valence-corrected chi connectivity index (χ2v) is 4.61. The maximum absolute atomic E-state index is 12.6. The van der Waals surface area contributed by atoms with E-state index in [0.29, 0.717) is 0 Å². The second kappa shape index (κ2) is 7.37. The van der Waals surface area contributed by atoms with Crippen molar-refractivity contribution < 1.29 is 4.79 Å². The molecule has 0 N–H and O–H groups in total. The topological polar surface area (TPSA) is 17.1 Å². The van der Waals surface area contributed by atoms with Crippen LogP contribution in [0, 0.1) is 0 Å². The largest absolute Gasteiger partial charge is 0.289 e. The molecule has 0 heterocycles. The van der Waals surface area contributed by atoms with Crippen LogP contribution in [0.1, 0.15) is 15.9 Å². The summed E-state index contributed by atoms with van der Waals surface area (Å²) in [6, 6.07) is 27.1. The fraction of sp³-hybridized carbons (Fsp3) is 0. The van der Waals surface area contributed by atoms with Crippen molar-refractivity contribution in [3.63, 3.8) is 0 Å². The monoisotopic (exact) mass is 281 g/mol. The quantitative estimate of drug-likeness (QED) is 0.519. The van der Waals surface area contributed by atoms with Crippen molar-refractivity contribution in [2.24, 2.45) is 0 Å². The molecule has 21 heavy (non-hydrogen) atoms. The Labute approximate surface area is 146 Å². The standard InChI is InChI=1S/C19H14O.Na/c20-19(16-11-5-2-6-12-16)18-14-8-7-13-17(18)15-9-3-1-4-10-15;/h1-14H;. The molecule has 0 spiro atoms. The van der Waals surface area contributed by atoms with Crippen molar-refractivity contribution >= 4 is 35.3 Å². The smallest absolute Gasteiger partial charge is 0.193 e. The van der Waals surface area contributed by atoms with Crippen molar-refractivity contribution in [3.8, 4) is 11.1 Å². The van der Waals surface area contributed by atoms with E-state index < -0.39 is 0 Å². The van der Waals surface area contributed by atoms with E-state index >= 15 is 0 Å². The van der Waals surface area contributed by atoms with Crippen LogP contribution >= 0.6 is 0 Å². The molecule has 3 aromatic carbocycles.